The minimum Gasteiger partial charge on any atom is -0.467 e. The molecule has 1 unspecified atom stereocenters. The first-order chi connectivity index (χ1) is 14.7. The molecule has 0 radical (unpaired) electrons. The van der Waals surface area contributed by atoms with Crippen LogP contribution >= 0.6 is 0 Å². The number of nitrogens with one attached hydrogen (secondary N) is 2. The van der Waals surface area contributed by atoms with Crippen molar-refractivity contribution in [2.24, 2.45) is 0 Å². The summed E-state index contributed by atoms with van der Waals surface area (Å²) in [5.41, 5.74) is 1.03. The number of carbonyl (C=O) groups is 2. The Hall–Kier alpha value is -3.68. The van der Waals surface area contributed by atoms with Crippen LogP contribution in [-0.4, -0.2) is 40.8 Å². The van der Waals surface area contributed by atoms with Crippen molar-refractivity contribution < 1.29 is 19.1 Å². The van der Waals surface area contributed by atoms with Gasteiger partial charge in [-0.2, -0.15) is 0 Å². The molecule has 162 valence electrons. The zero-order chi connectivity index (χ0) is 22.4. The maximum atomic E-state index is 12.1. The molecule has 2 N–H and O–H groups in total. The fraction of sp³-hybridized carbons (Fsp3) is 0.304. The average Bonchev–Trinajstić information content (AvgIpc) is 2.73. The number of rotatable bonds is 6. The van der Waals surface area contributed by atoms with Gasteiger partial charge in [-0.15, -0.1) is 0 Å². The highest BCUT2D eigenvalue weighted by Gasteiger charge is 2.25. The van der Waals surface area contributed by atoms with Crippen LogP contribution in [-0.2, 0) is 20.7 Å². The Morgan fingerprint density at radius 3 is 2.48 bits per heavy atom. The van der Waals surface area contributed by atoms with E-state index in [1.807, 2.05) is 36.4 Å². The van der Waals surface area contributed by atoms with Gasteiger partial charge in [-0.3, -0.25) is 4.98 Å². The Labute approximate surface area is 181 Å². The Kier molecular flexibility index (Phi) is 6.69. The van der Waals surface area contributed by atoms with Crippen molar-refractivity contribution in [2.75, 3.05) is 12.4 Å². The fourth-order valence-corrected chi connectivity index (χ4v) is 3.00. The number of hydrogen-bond acceptors (Lipinski definition) is 7. The maximum Gasteiger partial charge on any atom is 0.408 e. The molecule has 0 fully saturated rings. The van der Waals surface area contributed by atoms with E-state index in [4.69, 9.17) is 9.47 Å². The van der Waals surface area contributed by atoms with Crippen LogP contribution in [0.2, 0.25) is 0 Å². The van der Waals surface area contributed by atoms with Crippen LogP contribution in [0.25, 0.3) is 10.8 Å². The van der Waals surface area contributed by atoms with E-state index in [2.05, 4.69) is 20.6 Å². The van der Waals surface area contributed by atoms with E-state index in [0.29, 0.717) is 0 Å². The summed E-state index contributed by atoms with van der Waals surface area (Å²) >= 11 is 0. The standard InChI is InChI=1S/C23H26N4O4/c1-23(2,3)31-22(29)27-19(21(28)30-4)13-15-5-7-17(8-6-15)26-20-18-10-11-24-14-16(18)9-12-25-20/h5-12,14,19H,13H2,1-4H3,(H,25,26)(H,27,29). The summed E-state index contributed by atoms with van der Waals surface area (Å²) in [4.78, 5) is 32.8. The topological polar surface area (TPSA) is 102 Å². The number of methoxy groups -OCH3 is 1. The van der Waals surface area contributed by atoms with E-state index < -0.39 is 23.7 Å². The van der Waals surface area contributed by atoms with Gasteiger partial charge in [0.25, 0.3) is 0 Å². The Morgan fingerprint density at radius 1 is 1.06 bits per heavy atom. The van der Waals surface area contributed by atoms with E-state index in [-0.39, 0.29) is 6.42 Å². The van der Waals surface area contributed by atoms with E-state index in [1.165, 1.54) is 7.11 Å². The first-order valence-electron chi connectivity index (χ1n) is 9.87. The van der Waals surface area contributed by atoms with Gasteiger partial charge in [0, 0.05) is 41.5 Å². The van der Waals surface area contributed by atoms with Gasteiger partial charge in [-0.1, -0.05) is 12.1 Å². The summed E-state index contributed by atoms with van der Waals surface area (Å²) in [6, 6.07) is 10.5. The average molecular weight is 422 g/mol. The molecule has 2 heterocycles. The number of aromatic nitrogens is 2. The van der Waals surface area contributed by atoms with Crippen molar-refractivity contribution in [1.82, 2.24) is 15.3 Å². The number of alkyl carbamates (subject to hydrolysis) is 1. The Bertz CT molecular complexity index is 1060. The van der Waals surface area contributed by atoms with Gasteiger partial charge in [-0.05, 0) is 50.6 Å². The van der Waals surface area contributed by atoms with Crippen molar-refractivity contribution in [1.29, 1.82) is 0 Å². The minimum absolute atomic E-state index is 0.268. The molecule has 0 bridgehead atoms. The quantitative estimate of drug-likeness (QED) is 0.579. The SMILES string of the molecule is COC(=O)C(Cc1ccc(Nc2nccc3cnccc23)cc1)NC(=O)OC(C)(C)C. The van der Waals surface area contributed by atoms with Crippen molar-refractivity contribution in [2.45, 2.75) is 38.8 Å². The van der Waals surface area contributed by atoms with Gasteiger partial charge >= 0.3 is 12.1 Å². The molecule has 8 nitrogen and oxygen atoms in total. The molecular formula is C23H26N4O4. The van der Waals surface area contributed by atoms with Crippen LogP contribution in [0.3, 0.4) is 0 Å². The summed E-state index contributed by atoms with van der Waals surface area (Å²) in [6.07, 6.45) is 4.84. The van der Waals surface area contributed by atoms with Crippen LogP contribution in [0.15, 0.2) is 55.0 Å². The molecule has 1 atom stereocenters. The molecule has 0 saturated carbocycles. The van der Waals surface area contributed by atoms with Gasteiger partial charge in [0.2, 0.25) is 0 Å². The molecule has 1 amide bonds. The highest BCUT2D eigenvalue weighted by Crippen LogP contribution is 2.23. The summed E-state index contributed by atoms with van der Waals surface area (Å²) in [5.74, 6) is 0.188. The predicted octanol–water partition coefficient (Wildman–Crippen LogP) is 3.98. The van der Waals surface area contributed by atoms with Crippen LogP contribution in [0.5, 0.6) is 0 Å². The smallest absolute Gasteiger partial charge is 0.408 e. The van der Waals surface area contributed by atoms with Crippen molar-refractivity contribution in [3.05, 3.63) is 60.6 Å². The molecule has 0 aliphatic heterocycles. The molecule has 8 heteroatoms. The first-order valence-corrected chi connectivity index (χ1v) is 9.87. The van der Waals surface area contributed by atoms with Crippen molar-refractivity contribution in [3.63, 3.8) is 0 Å². The van der Waals surface area contributed by atoms with E-state index in [1.54, 1.807) is 39.4 Å². The third-order valence-electron chi connectivity index (χ3n) is 4.40. The molecule has 3 rings (SSSR count). The van der Waals surface area contributed by atoms with E-state index in [0.717, 1.165) is 27.8 Å². The number of ether oxygens (including phenoxy) is 2. The third kappa shape index (κ3) is 6.15. The number of nitrogens with zero attached hydrogens (tertiary/aromatic N) is 2. The van der Waals surface area contributed by atoms with Crippen molar-refractivity contribution in [3.8, 4) is 0 Å². The van der Waals surface area contributed by atoms with Gasteiger partial charge in [-0.25, -0.2) is 14.6 Å². The third-order valence-corrected chi connectivity index (χ3v) is 4.40. The summed E-state index contributed by atoms with van der Waals surface area (Å²) < 4.78 is 10.1. The zero-order valence-corrected chi connectivity index (χ0v) is 18.0. The van der Waals surface area contributed by atoms with Crippen LogP contribution in [0.1, 0.15) is 26.3 Å². The number of benzene rings is 1. The summed E-state index contributed by atoms with van der Waals surface area (Å²) in [5, 5.41) is 7.84. The largest absolute Gasteiger partial charge is 0.467 e. The number of fused-ring (bicyclic) bond motifs is 1. The number of carbonyl (C=O) groups excluding carboxylic acids is 2. The normalized spacial score (nSPS) is 12.1. The lowest BCUT2D eigenvalue weighted by Crippen LogP contribution is -2.45. The highest BCUT2D eigenvalue weighted by molar-refractivity contribution is 5.92. The second kappa shape index (κ2) is 9.42. The number of anilines is 2. The highest BCUT2D eigenvalue weighted by atomic mass is 16.6. The number of hydrogen-bond donors (Lipinski definition) is 2. The van der Waals surface area contributed by atoms with Crippen LogP contribution < -0.4 is 10.6 Å². The lowest BCUT2D eigenvalue weighted by molar-refractivity contribution is -0.143. The molecular weight excluding hydrogens is 396 g/mol. The second-order valence-corrected chi connectivity index (χ2v) is 8.00. The van der Waals surface area contributed by atoms with E-state index in [9.17, 15) is 9.59 Å². The number of amides is 1. The van der Waals surface area contributed by atoms with E-state index >= 15 is 0 Å². The lowest BCUT2D eigenvalue weighted by atomic mass is 10.1. The Morgan fingerprint density at radius 2 is 1.81 bits per heavy atom. The molecule has 31 heavy (non-hydrogen) atoms. The monoisotopic (exact) mass is 422 g/mol. The zero-order valence-electron chi connectivity index (χ0n) is 18.0. The van der Waals surface area contributed by atoms with Crippen molar-refractivity contribution >= 4 is 34.3 Å². The predicted molar refractivity (Wildman–Crippen MR) is 118 cm³/mol. The van der Waals surface area contributed by atoms with Gasteiger partial charge in [0.1, 0.15) is 17.5 Å². The molecule has 0 aliphatic carbocycles. The minimum atomic E-state index is -0.856. The summed E-state index contributed by atoms with van der Waals surface area (Å²) in [6.45, 7) is 5.27. The second-order valence-electron chi connectivity index (χ2n) is 8.00. The van der Waals surface area contributed by atoms with Gasteiger partial charge in [0.05, 0.1) is 7.11 Å². The summed E-state index contributed by atoms with van der Waals surface area (Å²) in [7, 11) is 1.28. The molecule has 1 aromatic carbocycles. The van der Waals surface area contributed by atoms with Gasteiger partial charge in [0.15, 0.2) is 0 Å². The number of esters is 1. The first kappa shape index (κ1) is 22.0. The van der Waals surface area contributed by atoms with Crippen LogP contribution in [0.4, 0.5) is 16.3 Å². The molecule has 0 saturated heterocycles. The molecule has 3 aromatic rings. The fourth-order valence-electron chi connectivity index (χ4n) is 3.00. The molecule has 0 aliphatic rings. The molecule has 0 spiro atoms. The van der Waals surface area contributed by atoms with Gasteiger partial charge < -0.3 is 20.1 Å². The maximum absolute atomic E-state index is 12.1. The van der Waals surface area contributed by atoms with Crippen LogP contribution in [0, 0.1) is 0 Å². The molecule has 2 aromatic heterocycles. The lowest BCUT2D eigenvalue weighted by Gasteiger charge is -2.22. The Balaban J connectivity index is 1.70. The number of pyridine rings is 2.